The van der Waals surface area contributed by atoms with Crippen molar-refractivity contribution in [1.82, 2.24) is 0 Å². The second-order valence-electron chi connectivity index (χ2n) is 8.76. The van der Waals surface area contributed by atoms with Crippen molar-refractivity contribution >= 4 is 0 Å². The molecule has 2 aromatic rings. The molecule has 0 saturated heterocycles. The van der Waals surface area contributed by atoms with E-state index in [0.29, 0.717) is 11.5 Å². The maximum atomic E-state index is 14.0. The Hall–Kier alpha value is -2.11. The third-order valence-corrected chi connectivity index (χ3v) is 6.45. The van der Waals surface area contributed by atoms with Gasteiger partial charge in [-0.15, -0.1) is 13.2 Å². The van der Waals surface area contributed by atoms with Crippen LogP contribution >= 0.6 is 0 Å². The van der Waals surface area contributed by atoms with Gasteiger partial charge in [-0.2, -0.15) is 0 Å². The van der Waals surface area contributed by atoms with Crippen LogP contribution in [0.1, 0.15) is 57.9 Å². The molecule has 0 bridgehead atoms. The second-order valence-corrected chi connectivity index (χ2v) is 8.76. The first-order chi connectivity index (χ1) is 14.7. The number of benzene rings is 2. The van der Waals surface area contributed by atoms with Crippen LogP contribution in [0.25, 0.3) is 11.1 Å². The molecule has 170 valence electrons. The van der Waals surface area contributed by atoms with Crippen molar-refractivity contribution < 1.29 is 26.7 Å². The highest BCUT2D eigenvalue weighted by Gasteiger charge is 2.34. The molecule has 0 spiro atoms. The van der Waals surface area contributed by atoms with Crippen molar-refractivity contribution in [3.8, 4) is 16.9 Å². The van der Waals surface area contributed by atoms with Gasteiger partial charge in [-0.1, -0.05) is 63.8 Å². The lowest BCUT2D eigenvalue weighted by Gasteiger charge is -2.32. The number of ether oxygens (including phenoxy) is 1. The van der Waals surface area contributed by atoms with Gasteiger partial charge in [-0.25, -0.2) is 8.78 Å². The van der Waals surface area contributed by atoms with Crippen LogP contribution in [0.4, 0.5) is 22.0 Å². The molecule has 1 nitrogen and oxygen atoms in total. The molecule has 1 fully saturated rings. The van der Waals surface area contributed by atoms with Crippen molar-refractivity contribution in [3.63, 3.8) is 0 Å². The lowest BCUT2D eigenvalue weighted by molar-refractivity contribution is -0.276. The molecule has 0 aromatic heterocycles. The Morgan fingerprint density at radius 1 is 0.935 bits per heavy atom. The fourth-order valence-corrected chi connectivity index (χ4v) is 4.77. The highest BCUT2D eigenvalue weighted by Crippen LogP contribution is 2.37. The Balaban J connectivity index is 1.64. The van der Waals surface area contributed by atoms with Crippen LogP contribution < -0.4 is 4.74 Å². The molecule has 0 radical (unpaired) electrons. The van der Waals surface area contributed by atoms with Gasteiger partial charge in [0.1, 0.15) is 0 Å². The van der Waals surface area contributed by atoms with E-state index in [-0.39, 0.29) is 5.56 Å². The van der Waals surface area contributed by atoms with Gasteiger partial charge in [-0.05, 0) is 65.8 Å². The zero-order valence-corrected chi connectivity index (χ0v) is 17.9. The molecule has 0 amide bonds. The fraction of sp³-hybridized carbons (Fsp3) is 0.520. The van der Waals surface area contributed by atoms with Gasteiger partial charge in [0.25, 0.3) is 0 Å². The summed E-state index contributed by atoms with van der Waals surface area (Å²) in [7, 11) is 0. The number of alkyl halides is 3. The van der Waals surface area contributed by atoms with Crippen molar-refractivity contribution in [1.29, 1.82) is 0 Å². The van der Waals surface area contributed by atoms with Crippen LogP contribution in [-0.4, -0.2) is 6.36 Å². The third-order valence-electron chi connectivity index (χ3n) is 6.45. The summed E-state index contributed by atoms with van der Waals surface area (Å²) >= 11 is 0. The minimum Gasteiger partial charge on any atom is -0.399 e. The van der Waals surface area contributed by atoms with Gasteiger partial charge in [0.2, 0.25) is 5.75 Å². The molecule has 3 rings (SSSR count). The number of halogens is 5. The fourth-order valence-electron chi connectivity index (χ4n) is 4.77. The Labute approximate surface area is 180 Å². The third kappa shape index (κ3) is 6.44. The highest BCUT2D eigenvalue weighted by molar-refractivity contribution is 5.65. The molecule has 6 heteroatoms. The van der Waals surface area contributed by atoms with E-state index < -0.39 is 23.7 Å². The summed E-state index contributed by atoms with van der Waals surface area (Å²) in [5.74, 6) is -2.05. The van der Waals surface area contributed by atoms with E-state index in [0.717, 1.165) is 36.0 Å². The summed E-state index contributed by atoms with van der Waals surface area (Å²) in [6.45, 7) is 4.52. The average Bonchev–Trinajstić information content (AvgIpc) is 2.71. The summed E-state index contributed by atoms with van der Waals surface area (Å²) in [6.07, 6.45) is 3.53. The number of rotatable bonds is 7. The minimum atomic E-state index is -5.16. The molecular formula is C25H29F5O. The summed E-state index contributed by atoms with van der Waals surface area (Å²) in [6, 6.07) is 9.05. The number of hydrogen-bond acceptors (Lipinski definition) is 1. The van der Waals surface area contributed by atoms with Gasteiger partial charge >= 0.3 is 6.36 Å². The SMILES string of the molecule is CCCC1CCC(C(C)Cc2ccc(-c3cc(F)c(OC(F)(F)F)c(F)c3)cc2)CC1. The van der Waals surface area contributed by atoms with Gasteiger partial charge in [0, 0.05) is 0 Å². The monoisotopic (exact) mass is 440 g/mol. The molecule has 0 heterocycles. The van der Waals surface area contributed by atoms with Crippen LogP contribution in [0.5, 0.6) is 5.75 Å². The zero-order valence-electron chi connectivity index (χ0n) is 17.9. The van der Waals surface area contributed by atoms with E-state index in [1.54, 1.807) is 12.1 Å². The lowest BCUT2D eigenvalue weighted by atomic mass is 9.74. The first-order valence-corrected chi connectivity index (χ1v) is 11.0. The van der Waals surface area contributed by atoms with E-state index >= 15 is 0 Å². The summed E-state index contributed by atoms with van der Waals surface area (Å²) < 4.78 is 68.4. The van der Waals surface area contributed by atoms with E-state index in [4.69, 9.17) is 0 Å². The Morgan fingerprint density at radius 3 is 2.03 bits per heavy atom. The lowest BCUT2D eigenvalue weighted by Crippen LogP contribution is -2.21. The average molecular weight is 440 g/mol. The van der Waals surface area contributed by atoms with Crippen molar-refractivity contribution in [2.75, 3.05) is 0 Å². The largest absolute Gasteiger partial charge is 0.573 e. The quantitative estimate of drug-likeness (QED) is 0.393. The van der Waals surface area contributed by atoms with E-state index in [2.05, 4.69) is 18.6 Å². The highest BCUT2D eigenvalue weighted by atomic mass is 19.4. The van der Waals surface area contributed by atoms with Crippen LogP contribution in [-0.2, 0) is 6.42 Å². The molecular weight excluding hydrogens is 411 g/mol. The van der Waals surface area contributed by atoms with Crippen LogP contribution in [0, 0.1) is 29.4 Å². The van der Waals surface area contributed by atoms with Gasteiger partial charge < -0.3 is 4.74 Å². The maximum absolute atomic E-state index is 14.0. The maximum Gasteiger partial charge on any atom is 0.573 e. The molecule has 0 aliphatic heterocycles. The van der Waals surface area contributed by atoms with E-state index in [1.165, 1.54) is 38.5 Å². The van der Waals surface area contributed by atoms with Crippen LogP contribution in [0.15, 0.2) is 36.4 Å². The summed E-state index contributed by atoms with van der Waals surface area (Å²) in [4.78, 5) is 0. The van der Waals surface area contributed by atoms with Gasteiger partial charge in [0.15, 0.2) is 11.6 Å². The van der Waals surface area contributed by atoms with Gasteiger partial charge in [-0.3, -0.25) is 0 Å². The topological polar surface area (TPSA) is 9.23 Å². The van der Waals surface area contributed by atoms with Gasteiger partial charge in [0.05, 0.1) is 0 Å². The standard InChI is InChI=1S/C25H29F5O/c1-3-4-17-5-9-19(10-6-17)16(2)13-18-7-11-20(12-8-18)21-14-22(26)24(23(27)15-21)31-25(28,29)30/h7-8,11-12,14-17,19H,3-6,9-10,13H2,1-2H3. The summed E-state index contributed by atoms with van der Waals surface area (Å²) in [5.41, 5.74) is 1.84. The zero-order chi connectivity index (χ0) is 22.6. The molecule has 0 N–H and O–H groups in total. The van der Waals surface area contributed by atoms with Crippen molar-refractivity contribution in [3.05, 3.63) is 53.6 Å². The predicted molar refractivity (Wildman–Crippen MR) is 112 cm³/mol. The van der Waals surface area contributed by atoms with E-state index in [1.807, 2.05) is 12.1 Å². The minimum absolute atomic E-state index is 0.165. The van der Waals surface area contributed by atoms with Crippen LogP contribution in [0.2, 0.25) is 0 Å². The van der Waals surface area contributed by atoms with Crippen LogP contribution in [0.3, 0.4) is 0 Å². The molecule has 1 aliphatic rings. The molecule has 2 aromatic carbocycles. The molecule has 1 atom stereocenters. The Kier molecular flexibility index (Phi) is 7.60. The molecule has 31 heavy (non-hydrogen) atoms. The van der Waals surface area contributed by atoms with Crippen molar-refractivity contribution in [2.45, 2.75) is 65.2 Å². The smallest absolute Gasteiger partial charge is 0.399 e. The van der Waals surface area contributed by atoms with Crippen molar-refractivity contribution in [2.24, 2.45) is 17.8 Å². The second kappa shape index (κ2) is 10.0. The predicted octanol–water partition coefficient (Wildman–Crippen LogP) is 8.32. The number of hydrogen-bond donors (Lipinski definition) is 0. The molecule has 1 unspecified atom stereocenters. The molecule has 1 aliphatic carbocycles. The molecule has 1 saturated carbocycles. The first-order valence-electron chi connectivity index (χ1n) is 11.0. The van der Waals surface area contributed by atoms with E-state index in [9.17, 15) is 22.0 Å². The Bertz CT molecular complexity index is 828. The normalized spacial score (nSPS) is 20.5. The summed E-state index contributed by atoms with van der Waals surface area (Å²) in [5, 5.41) is 0. The Morgan fingerprint density at radius 2 is 1.52 bits per heavy atom. The first kappa shape index (κ1) is 23.6.